The van der Waals surface area contributed by atoms with Crippen LogP contribution in [0.25, 0.3) is 11.0 Å². The second-order valence-electron chi connectivity index (χ2n) is 4.31. The van der Waals surface area contributed by atoms with Crippen molar-refractivity contribution in [3.05, 3.63) is 46.7 Å². The number of nitrogens with zero attached hydrogens (tertiary/aromatic N) is 3. The van der Waals surface area contributed by atoms with Gasteiger partial charge in [-0.3, -0.25) is 4.79 Å². The lowest BCUT2D eigenvalue weighted by Gasteiger charge is -2.02. The molecule has 108 valence electrons. The lowest BCUT2D eigenvalue weighted by atomic mass is 10.3. The van der Waals surface area contributed by atoms with E-state index < -0.39 is 17.0 Å². The van der Waals surface area contributed by atoms with E-state index in [9.17, 15) is 18.0 Å². The van der Waals surface area contributed by atoms with Gasteiger partial charge < -0.3 is 4.57 Å². The van der Waals surface area contributed by atoms with Crippen LogP contribution >= 0.6 is 11.3 Å². The number of benzene rings is 1. The largest absolute Gasteiger partial charge is 0.443 e. The maximum atomic E-state index is 12.5. The molecule has 2 heterocycles. The summed E-state index contributed by atoms with van der Waals surface area (Å²) in [5, 5.41) is -1.01. The van der Waals surface area contributed by atoms with E-state index >= 15 is 0 Å². The van der Waals surface area contributed by atoms with E-state index in [-0.39, 0.29) is 11.4 Å². The molecule has 0 fully saturated rings. The SMILES string of the molecule is O=C(Cn1cnc2ccccc21)c1cnc(C(F)(F)F)s1. The number of fused-ring (bicyclic) bond motifs is 1. The smallest absolute Gasteiger partial charge is 0.323 e. The monoisotopic (exact) mass is 311 g/mol. The van der Waals surface area contributed by atoms with Crippen LogP contribution in [0, 0.1) is 0 Å². The van der Waals surface area contributed by atoms with Crippen LogP contribution in [0.15, 0.2) is 36.8 Å². The molecule has 8 heteroatoms. The van der Waals surface area contributed by atoms with Crippen LogP contribution in [0.2, 0.25) is 0 Å². The normalized spacial score (nSPS) is 12.0. The van der Waals surface area contributed by atoms with Gasteiger partial charge in [0.2, 0.25) is 0 Å². The molecule has 0 radical (unpaired) electrons. The van der Waals surface area contributed by atoms with E-state index in [1.54, 1.807) is 22.8 Å². The molecule has 3 aromatic rings. The number of thiazole rings is 1. The van der Waals surface area contributed by atoms with Crippen LogP contribution in [-0.4, -0.2) is 20.3 Å². The highest BCUT2D eigenvalue weighted by molar-refractivity contribution is 7.13. The first-order valence-corrected chi connectivity index (χ1v) is 6.73. The number of imidazole rings is 1. The van der Waals surface area contributed by atoms with Gasteiger partial charge in [-0.1, -0.05) is 12.1 Å². The number of carbonyl (C=O) groups excluding carboxylic acids is 1. The number of rotatable bonds is 3. The first-order valence-electron chi connectivity index (χ1n) is 5.91. The molecule has 0 atom stereocenters. The minimum absolute atomic E-state index is 0.0138. The van der Waals surface area contributed by atoms with Crippen molar-refractivity contribution in [3.8, 4) is 0 Å². The Balaban J connectivity index is 1.85. The summed E-state index contributed by atoms with van der Waals surface area (Å²) >= 11 is 0.356. The molecule has 0 amide bonds. The molecule has 21 heavy (non-hydrogen) atoms. The van der Waals surface area contributed by atoms with E-state index in [0.717, 1.165) is 17.2 Å². The van der Waals surface area contributed by atoms with Gasteiger partial charge in [0.15, 0.2) is 10.8 Å². The lowest BCUT2D eigenvalue weighted by molar-refractivity contribution is -0.137. The number of hydrogen-bond donors (Lipinski definition) is 0. The first kappa shape index (κ1) is 13.7. The highest BCUT2D eigenvalue weighted by Crippen LogP contribution is 2.32. The minimum Gasteiger partial charge on any atom is -0.323 e. The van der Waals surface area contributed by atoms with Gasteiger partial charge in [-0.15, -0.1) is 11.3 Å². The maximum Gasteiger partial charge on any atom is 0.443 e. The molecule has 0 spiro atoms. The molecule has 3 rings (SSSR count). The zero-order valence-electron chi connectivity index (χ0n) is 10.5. The van der Waals surface area contributed by atoms with Gasteiger partial charge in [0, 0.05) is 6.20 Å². The third-order valence-electron chi connectivity index (χ3n) is 2.86. The standard InChI is InChI=1S/C13H8F3N3OS/c14-13(15,16)12-17-5-11(21-12)10(20)6-19-7-18-8-3-1-2-4-9(8)19/h1-5,7H,6H2. The number of carbonyl (C=O) groups is 1. The van der Waals surface area contributed by atoms with E-state index in [4.69, 9.17) is 0 Å². The molecule has 1 aromatic carbocycles. The molecule has 0 unspecified atom stereocenters. The summed E-state index contributed by atoms with van der Waals surface area (Å²) in [5.74, 6) is -0.425. The van der Waals surface area contributed by atoms with Crippen LogP contribution < -0.4 is 0 Å². The number of halogens is 3. The third kappa shape index (κ3) is 2.66. The van der Waals surface area contributed by atoms with E-state index in [0.29, 0.717) is 11.3 Å². The highest BCUT2D eigenvalue weighted by Gasteiger charge is 2.35. The average molecular weight is 311 g/mol. The average Bonchev–Trinajstić information content (AvgIpc) is 3.05. The van der Waals surface area contributed by atoms with Crippen molar-refractivity contribution in [3.63, 3.8) is 0 Å². The Labute approximate surface area is 120 Å². The third-order valence-corrected chi connectivity index (χ3v) is 3.95. The summed E-state index contributed by atoms with van der Waals surface area (Å²) in [5.41, 5.74) is 1.48. The zero-order valence-corrected chi connectivity index (χ0v) is 11.3. The Kier molecular flexibility index (Phi) is 3.25. The Morgan fingerprint density at radius 2 is 2.00 bits per heavy atom. The fraction of sp³-hybridized carbons (Fsp3) is 0.154. The molecular weight excluding hydrogens is 303 g/mol. The number of alkyl halides is 3. The topological polar surface area (TPSA) is 47.8 Å². The van der Waals surface area contributed by atoms with E-state index in [1.807, 2.05) is 6.07 Å². The number of Topliss-reactive ketones (excluding diaryl/α,β-unsaturated/α-hetero) is 1. The van der Waals surface area contributed by atoms with Gasteiger partial charge in [-0.25, -0.2) is 9.97 Å². The van der Waals surface area contributed by atoms with Crippen molar-refractivity contribution in [2.24, 2.45) is 0 Å². The summed E-state index contributed by atoms with van der Waals surface area (Å²) in [4.78, 5) is 19.4. The Morgan fingerprint density at radius 3 is 2.71 bits per heavy atom. The molecule has 0 aliphatic rings. The van der Waals surface area contributed by atoms with E-state index in [1.165, 1.54) is 6.33 Å². The molecule has 4 nitrogen and oxygen atoms in total. The molecule has 0 saturated heterocycles. The van der Waals surface area contributed by atoms with E-state index in [2.05, 4.69) is 9.97 Å². The summed E-state index contributed by atoms with van der Waals surface area (Å²) < 4.78 is 39.0. The zero-order chi connectivity index (χ0) is 15.0. The Morgan fingerprint density at radius 1 is 1.24 bits per heavy atom. The van der Waals surface area contributed by atoms with Gasteiger partial charge in [0.25, 0.3) is 0 Å². The van der Waals surface area contributed by atoms with Gasteiger partial charge >= 0.3 is 6.18 Å². The van der Waals surface area contributed by atoms with Gasteiger partial charge in [-0.2, -0.15) is 13.2 Å². The summed E-state index contributed by atoms with van der Waals surface area (Å²) in [7, 11) is 0. The quantitative estimate of drug-likeness (QED) is 0.697. The van der Waals surface area contributed by atoms with Crippen LogP contribution in [0.4, 0.5) is 13.2 Å². The summed E-state index contributed by atoms with van der Waals surface area (Å²) in [6.07, 6.45) is -2.06. The molecule has 0 aliphatic carbocycles. The highest BCUT2D eigenvalue weighted by atomic mass is 32.1. The van der Waals surface area contributed by atoms with Crippen LogP contribution in [-0.2, 0) is 12.7 Å². The Bertz CT molecular complexity index is 806. The van der Waals surface area contributed by atoms with Gasteiger partial charge in [0.05, 0.1) is 28.8 Å². The van der Waals surface area contributed by atoms with Gasteiger partial charge in [0.1, 0.15) is 0 Å². The van der Waals surface area contributed by atoms with Crippen LogP contribution in [0.1, 0.15) is 14.7 Å². The summed E-state index contributed by atoms with van der Waals surface area (Å²) in [6, 6.07) is 7.22. The molecule has 0 bridgehead atoms. The first-order chi connectivity index (χ1) is 9.95. The van der Waals surface area contributed by atoms with Crippen molar-refractivity contribution < 1.29 is 18.0 Å². The van der Waals surface area contributed by atoms with Crippen LogP contribution in [0.3, 0.4) is 0 Å². The molecule has 0 aliphatic heterocycles. The predicted molar refractivity (Wildman–Crippen MR) is 71.2 cm³/mol. The predicted octanol–water partition coefficient (Wildman–Crippen LogP) is 3.39. The molecule has 0 N–H and O–H groups in total. The van der Waals surface area contributed by atoms with Gasteiger partial charge in [-0.05, 0) is 12.1 Å². The molecule has 0 saturated carbocycles. The fourth-order valence-corrected chi connectivity index (χ4v) is 2.62. The minimum atomic E-state index is -4.52. The number of aromatic nitrogens is 3. The Hall–Kier alpha value is -2.22. The fourth-order valence-electron chi connectivity index (χ4n) is 1.90. The second-order valence-corrected chi connectivity index (χ2v) is 5.34. The van der Waals surface area contributed by atoms with Crippen molar-refractivity contribution in [2.45, 2.75) is 12.7 Å². The molecule has 2 aromatic heterocycles. The number of hydrogen-bond acceptors (Lipinski definition) is 4. The number of ketones is 1. The van der Waals surface area contributed by atoms with Crippen molar-refractivity contribution in [2.75, 3.05) is 0 Å². The molecular formula is C13H8F3N3OS. The van der Waals surface area contributed by atoms with Crippen molar-refractivity contribution >= 4 is 28.2 Å². The second kappa shape index (κ2) is 4.96. The van der Waals surface area contributed by atoms with Crippen molar-refractivity contribution in [1.29, 1.82) is 0 Å². The van der Waals surface area contributed by atoms with Crippen LogP contribution in [0.5, 0.6) is 0 Å². The maximum absolute atomic E-state index is 12.5. The lowest BCUT2D eigenvalue weighted by Crippen LogP contribution is -2.08. The summed E-state index contributed by atoms with van der Waals surface area (Å²) in [6.45, 7) is -0.0694. The van der Waals surface area contributed by atoms with Crippen molar-refractivity contribution in [1.82, 2.24) is 14.5 Å². The number of para-hydroxylation sites is 2.